The van der Waals surface area contributed by atoms with Crippen molar-refractivity contribution in [3.05, 3.63) is 28.2 Å². The van der Waals surface area contributed by atoms with Crippen LogP contribution in [0.4, 0.5) is 0 Å². The molecule has 1 heterocycles. The van der Waals surface area contributed by atoms with Gasteiger partial charge in [0.15, 0.2) is 11.9 Å². The fourth-order valence-electron chi connectivity index (χ4n) is 1.41. The summed E-state index contributed by atoms with van der Waals surface area (Å²) in [4.78, 5) is 10.9. The zero-order chi connectivity index (χ0) is 13.3. The number of carbonyl (C=O) groups is 1. The number of benzene rings is 1. The smallest absolute Gasteiger partial charge is 0.328 e. The van der Waals surface area contributed by atoms with Crippen LogP contribution in [0.15, 0.2) is 18.2 Å². The Bertz CT molecular complexity index is 599. The lowest BCUT2D eigenvalue weighted by Gasteiger charge is -2.09. The van der Waals surface area contributed by atoms with Crippen molar-refractivity contribution in [1.29, 1.82) is 0 Å². The lowest BCUT2D eigenvalue weighted by Crippen LogP contribution is -2.18. The average Bonchev–Trinajstić information content (AvgIpc) is 2.76. The quantitative estimate of drug-likeness (QED) is 0.936. The molecule has 8 heteroatoms. The minimum Gasteiger partial charge on any atom is -0.480 e. The van der Waals surface area contributed by atoms with E-state index in [0.717, 1.165) is 0 Å². The van der Waals surface area contributed by atoms with E-state index in [1.54, 1.807) is 18.2 Å². The summed E-state index contributed by atoms with van der Waals surface area (Å²) in [6, 6.07) is 3.93. The van der Waals surface area contributed by atoms with Crippen LogP contribution in [0, 0.1) is 0 Å². The SMILES string of the molecule is CC(C(=O)O)n1nnnc1-c1ccc(Cl)cc1Cl. The van der Waals surface area contributed by atoms with Gasteiger partial charge >= 0.3 is 5.97 Å². The second-order valence-corrected chi connectivity index (χ2v) is 4.43. The summed E-state index contributed by atoms with van der Waals surface area (Å²) in [5.74, 6) is -0.750. The van der Waals surface area contributed by atoms with Crippen molar-refractivity contribution in [2.24, 2.45) is 0 Å². The number of carboxylic acid groups (broad SMARTS) is 1. The van der Waals surface area contributed by atoms with Gasteiger partial charge in [0, 0.05) is 10.6 Å². The highest BCUT2D eigenvalue weighted by molar-refractivity contribution is 6.36. The molecule has 18 heavy (non-hydrogen) atoms. The summed E-state index contributed by atoms with van der Waals surface area (Å²) < 4.78 is 1.19. The standard InChI is InChI=1S/C10H8Cl2N4O2/c1-5(10(17)18)16-9(13-14-15-16)7-3-2-6(11)4-8(7)12/h2-5H,1H3,(H,17,18). The first-order valence-corrected chi connectivity index (χ1v) is 5.72. The van der Waals surface area contributed by atoms with E-state index < -0.39 is 12.0 Å². The van der Waals surface area contributed by atoms with E-state index in [4.69, 9.17) is 28.3 Å². The minimum atomic E-state index is -1.03. The molecule has 0 spiro atoms. The van der Waals surface area contributed by atoms with Crippen LogP contribution in [0.3, 0.4) is 0 Å². The Morgan fingerprint density at radius 3 is 2.78 bits per heavy atom. The van der Waals surface area contributed by atoms with Gasteiger partial charge in [0.1, 0.15) is 0 Å². The average molecular weight is 287 g/mol. The van der Waals surface area contributed by atoms with Gasteiger partial charge in [-0.3, -0.25) is 0 Å². The third kappa shape index (κ3) is 2.30. The summed E-state index contributed by atoms with van der Waals surface area (Å²) in [6.45, 7) is 1.48. The molecule has 0 amide bonds. The van der Waals surface area contributed by atoms with Gasteiger partial charge in [-0.2, -0.15) is 0 Å². The normalized spacial score (nSPS) is 12.4. The maximum Gasteiger partial charge on any atom is 0.328 e. The number of aliphatic carboxylic acids is 1. The highest BCUT2D eigenvalue weighted by Gasteiger charge is 2.21. The molecule has 2 rings (SSSR count). The molecule has 0 aliphatic carbocycles. The third-order valence-corrected chi connectivity index (χ3v) is 2.94. The van der Waals surface area contributed by atoms with Gasteiger partial charge in [-0.15, -0.1) is 5.10 Å². The summed E-state index contributed by atoms with van der Waals surface area (Å²) in [5, 5.41) is 20.7. The molecule has 0 saturated carbocycles. The molecule has 0 aliphatic heterocycles. The highest BCUT2D eigenvalue weighted by atomic mass is 35.5. The first-order valence-electron chi connectivity index (χ1n) is 4.97. The van der Waals surface area contributed by atoms with Crippen LogP contribution < -0.4 is 0 Å². The molecular formula is C10H8Cl2N4O2. The fourth-order valence-corrected chi connectivity index (χ4v) is 1.90. The molecule has 0 aliphatic rings. The highest BCUT2D eigenvalue weighted by Crippen LogP contribution is 2.29. The second-order valence-electron chi connectivity index (χ2n) is 3.59. The van der Waals surface area contributed by atoms with Gasteiger partial charge in [-0.05, 0) is 35.5 Å². The molecular weight excluding hydrogens is 279 g/mol. The Morgan fingerprint density at radius 1 is 1.44 bits per heavy atom. The van der Waals surface area contributed by atoms with Gasteiger partial charge in [-0.1, -0.05) is 23.2 Å². The summed E-state index contributed by atoms with van der Waals surface area (Å²) >= 11 is 11.8. The summed E-state index contributed by atoms with van der Waals surface area (Å²) in [6.07, 6.45) is 0. The van der Waals surface area contributed by atoms with E-state index in [0.29, 0.717) is 15.6 Å². The topological polar surface area (TPSA) is 80.9 Å². The van der Waals surface area contributed by atoms with Crippen molar-refractivity contribution >= 4 is 29.2 Å². The molecule has 1 aromatic heterocycles. The van der Waals surface area contributed by atoms with Crippen molar-refractivity contribution in [3.63, 3.8) is 0 Å². The zero-order valence-electron chi connectivity index (χ0n) is 9.21. The Hall–Kier alpha value is -1.66. The predicted molar refractivity (Wildman–Crippen MR) is 65.6 cm³/mol. The molecule has 0 bridgehead atoms. The van der Waals surface area contributed by atoms with E-state index in [1.807, 2.05) is 0 Å². The van der Waals surface area contributed by atoms with E-state index in [9.17, 15) is 4.79 Å². The first-order chi connectivity index (χ1) is 8.50. The molecule has 2 aromatic rings. The molecule has 0 fully saturated rings. The molecule has 6 nitrogen and oxygen atoms in total. The number of tetrazole rings is 1. The van der Waals surface area contributed by atoms with Crippen LogP contribution in [-0.4, -0.2) is 31.3 Å². The van der Waals surface area contributed by atoms with Gasteiger partial charge in [-0.25, -0.2) is 9.48 Å². The number of nitrogens with zero attached hydrogens (tertiary/aromatic N) is 4. The number of rotatable bonds is 3. The van der Waals surface area contributed by atoms with E-state index in [2.05, 4.69) is 15.5 Å². The molecule has 1 atom stereocenters. The minimum absolute atomic E-state index is 0.284. The van der Waals surface area contributed by atoms with Crippen molar-refractivity contribution < 1.29 is 9.90 Å². The van der Waals surface area contributed by atoms with E-state index in [1.165, 1.54) is 11.6 Å². The molecule has 1 unspecified atom stereocenters. The maximum absolute atomic E-state index is 10.9. The van der Waals surface area contributed by atoms with Crippen molar-refractivity contribution in [2.45, 2.75) is 13.0 Å². The Kier molecular flexibility index (Phi) is 3.49. The second kappa shape index (κ2) is 4.91. The summed E-state index contributed by atoms with van der Waals surface area (Å²) in [5.41, 5.74) is 0.527. The first kappa shape index (κ1) is 12.8. The lowest BCUT2D eigenvalue weighted by atomic mass is 10.2. The number of hydrogen-bond donors (Lipinski definition) is 1. The van der Waals surface area contributed by atoms with Gasteiger partial charge < -0.3 is 5.11 Å². The molecule has 1 aromatic carbocycles. The van der Waals surface area contributed by atoms with Crippen molar-refractivity contribution in [1.82, 2.24) is 20.2 Å². The predicted octanol–water partition coefficient (Wildman–Crippen LogP) is 2.29. The van der Waals surface area contributed by atoms with Crippen LogP contribution >= 0.6 is 23.2 Å². The number of carboxylic acids is 1. The van der Waals surface area contributed by atoms with Crippen LogP contribution in [0.1, 0.15) is 13.0 Å². The van der Waals surface area contributed by atoms with E-state index >= 15 is 0 Å². The third-order valence-electron chi connectivity index (χ3n) is 2.39. The van der Waals surface area contributed by atoms with Crippen LogP contribution in [0.25, 0.3) is 11.4 Å². The lowest BCUT2D eigenvalue weighted by molar-refractivity contribution is -0.140. The zero-order valence-corrected chi connectivity index (χ0v) is 10.7. The van der Waals surface area contributed by atoms with Gasteiger partial charge in [0.25, 0.3) is 0 Å². The number of aromatic nitrogens is 4. The Morgan fingerprint density at radius 2 is 2.17 bits per heavy atom. The monoisotopic (exact) mass is 286 g/mol. The summed E-state index contributed by atoms with van der Waals surface area (Å²) in [7, 11) is 0. The molecule has 1 N–H and O–H groups in total. The molecule has 0 saturated heterocycles. The maximum atomic E-state index is 10.9. The van der Waals surface area contributed by atoms with Crippen LogP contribution in [0.2, 0.25) is 10.0 Å². The van der Waals surface area contributed by atoms with E-state index in [-0.39, 0.29) is 5.82 Å². The largest absolute Gasteiger partial charge is 0.480 e. The van der Waals surface area contributed by atoms with Crippen molar-refractivity contribution in [3.8, 4) is 11.4 Å². The van der Waals surface area contributed by atoms with Crippen LogP contribution in [0.5, 0.6) is 0 Å². The van der Waals surface area contributed by atoms with Gasteiger partial charge in [0.2, 0.25) is 0 Å². The van der Waals surface area contributed by atoms with Gasteiger partial charge in [0.05, 0.1) is 5.02 Å². The number of halogens is 2. The van der Waals surface area contributed by atoms with Crippen molar-refractivity contribution in [2.75, 3.05) is 0 Å². The Balaban J connectivity index is 2.52. The molecule has 94 valence electrons. The fraction of sp³-hybridized carbons (Fsp3) is 0.200. The number of hydrogen-bond acceptors (Lipinski definition) is 4. The molecule has 0 radical (unpaired) electrons. The van der Waals surface area contributed by atoms with Crippen LogP contribution in [-0.2, 0) is 4.79 Å². The Labute approximate surface area is 112 Å².